The highest BCUT2D eigenvalue weighted by Gasteiger charge is 2.39. The van der Waals surface area contributed by atoms with Crippen LogP contribution in [-0.4, -0.2) is 43.4 Å². The summed E-state index contributed by atoms with van der Waals surface area (Å²) in [5.41, 5.74) is 0.313. The molecule has 0 spiro atoms. The van der Waals surface area contributed by atoms with Gasteiger partial charge < -0.3 is 23.7 Å². The summed E-state index contributed by atoms with van der Waals surface area (Å²) in [6, 6.07) is 14.1. The van der Waals surface area contributed by atoms with Crippen LogP contribution in [0.1, 0.15) is 47.2 Å². The van der Waals surface area contributed by atoms with Crippen LogP contribution < -0.4 is 10.3 Å². The number of ether oxygens (including phenoxy) is 2. The van der Waals surface area contributed by atoms with Gasteiger partial charge in [0.05, 0.1) is 59.2 Å². The van der Waals surface area contributed by atoms with E-state index in [4.69, 9.17) is 26.3 Å². The molecule has 10 nitrogen and oxygen atoms in total. The van der Waals surface area contributed by atoms with Gasteiger partial charge in [0.15, 0.2) is 5.82 Å². The number of halogens is 3. The van der Waals surface area contributed by atoms with E-state index in [9.17, 15) is 19.1 Å². The molecule has 1 aliphatic rings. The molecule has 1 saturated heterocycles. The number of benzene rings is 2. The minimum atomic E-state index is -1.28. The molecule has 1 N–H and O–H groups in total. The van der Waals surface area contributed by atoms with Gasteiger partial charge in [-0.2, -0.15) is 5.26 Å². The molecule has 234 valence electrons. The fourth-order valence-corrected chi connectivity index (χ4v) is 5.78. The number of hydrogen-bond donors (Lipinski definition) is 1. The van der Waals surface area contributed by atoms with Crippen molar-refractivity contribution >= 4 is 28.6 Å². The summed E-state index contributed by atoms with van der Waals surface area (Å²) in [5.74, 6) is -2.15. The zero-order chi connectivity index (χ0) is 32.7. The second kappa shape index (κ2) is 12.0. The lowest BCUT2D eigenvalue weighted by Gasteiger charge is -2.28. The molecule has 5 aromatic rings. The molecule has 13 heteroatoms. The topological polar surface area (TPSA) is 132 Å². The molecule has 0 saturated carbocycles. The summed E-state index contributed by atoms with van der Waals surface area (Å²) in [4.78, 5) is 34.1. The summed E-state index contributed by atoms with van der Waals surface area (Å²) in [6.07, 6.45) is 1.43. The molecule has 46 heavy (non-hydrogen) atoms. The largest absolute Gasteiger partial charge is 0.478 e. The SMILES string of the molecule is CC1(C)COC[C@H]1n1c(Cn2cc(Cl)c(-c3cccc(OCc4ccc(C#N)cc4F)n3)cc2=O)nc2c(F)cc(C(=O)O)cc21. The van der Waals surface area contributed by atoms with E-state index in [2.05, 4.69) is 9.97 Å². The van der Waals surface area contributed by atoms with Crippen LogP contribution in [0.2, 0.25) is 5.02 Å². The standard InChI is InChI=1S/C33H26ClF2N5O5/c1-33(2)17-45-16-27(33)41-26-10-20(32(43)44)9-24(36)31(26)39-28(41)14-40-13-22(34)21(11-30(40)42)25-4-3-5-29(38-25)46-15-19-7-6-18(12-37)8-23(19)35/h3-11,13,27H,14-17H2,1-2H3,(H,43,44)/t27-/m1/s1. The lowest BCUT2D eigenvalue weighted by atomic mass is 9.87. The number of hydrogen-bond acceptors (Lipinski definition) is 7. The zero-order valence-electron chi connectivity index (χ0n) is 24.6. The summed E-state index contributed by atoms with van der Waals surface area (Å²) in [6.45, 7) is 4.47. The molecule has 0 bridgehead atoms. The molecule has 1 fully saturated rings. The Labute approximate surface area is 266 Å². The van der Waals surface area contributed by atoms with E-state index >= 15 is 4.39 Å². The van der Waals surface area contributed by atoms with Gasteiger partial charge in [-0.25, -0.2) is 23.5 Å². The van der Waals surface area contributed by atoms with E-state index in [0.29, 0.717) is 30.3 Å². The third-order valence-electron chi connectivity index (χ3n) is 7.98. The zero-order valence-corrected chi connectivity index (χ0v) is 25.4. The van der Waals surface area contributed by atoms with Crippen molar-refractivity contribution in [1.29, 1.82) is 5.26 Å². The molecule has 0 unspecified atom stereocenters. The molecular weight excluding hydrogens is 620 g/mol. The first-order chi connectivity index (χ1) is 21.9. The molecule has 1 aliphatic heterocycles. The van der Waals surface area contributed by atoms with Gasteiger partial charge in [0.1, 0.15) is 23.8 Å². The van der Waals surface area contributed by atoms with Gasteiger partial charge >= 0.3 is 5.97 Å². The number of nitrogens with zero attached hydrogens (tertiary/aromatic N) is 5. The highest BCUT2D eigenvalue weighted by molar-refractivity contribution is 6.33. The molecule has 0 radical (unpaired) electrons. The Morgan fingerprint density at radius 3 is 2.67 bits per heavy atom. The molecule has 0 amide bonds. The normalized spacial score (nSPS) is 15.6. The molecule has 2 aromatic carbocycles. The number of fused-ring (bicyclic) bond motifs is 1. The minimum absolute atomic E-state index is 0.0135. The van der Waals surface area contributed by atoms with Crippen molar-refractivity contribution in [2.24, 2.45) is 5.41 Å². The fourth-order valence-electron chi connectivity index (χ4n) is 5.51. The molecule has 3 aromatic heterocycles. The van der Waals surface area contributed by atoms with Gasteiger partial charge in [0.25, 0.3) is 5.56 Å². The number of aromatic carboxylic acids is 1. The summed E-state index contributed by atoms with van der Waals surface area (Å²) >= 11 is 6.66. The van der Waals surface area contributed by atoms with E-state index in [-0.39, 0.29) is 57.8 Å². The van der Waals surface area contributed by atoms with Crippen LogP contribution in [0.5, 0.6) is 5.88 Å². The van der Waals surface area contributed by atoms with Crippen LogP contribution >= 0.6 is 11.6 Å². The van der Waals surface area contributed by atoms with Crippen LogP contribution in [0.3, 0.4) is 0 Å². The van der Waals surface area contributed by atoms with Gasteiger partial charge in [-0.15, -0.1) is 0 Å². The number of rotatable bonds is 8. The highest BCUT2D eigenvalue weighted by atomic mass is 35.5. The van der Waals surface area contributed by atoms with Gasteiger partial charge in [-0.3, -0.25) is 4.79 Å². The Bertz CT molecular complexity index is 2120. The number of pyridine rings is 2. The van der Waals surface area contributed by atoms with Crippen molar-refractivity contribution in [2.75, 3.05) is 13.2 Å². The summed E-state index contributed by atoms with van der Waals surface area (Å²) in [7, 11) is 0. The first-order valence-electron chi connectivity index (χ1n) is 14.2. The molecule has 1 atom stereocenters. The number of imidazole rings is 1. The maximum absolute atomic E-state index is 15.1. The van der Waals surface area contributed by atoms with E-state index in [0.717, 1.165) is 12.1 Å². The Morgan fingerprint density at radius 1 is 1.17 bits per heavy atom. The van der Waals surface area contributed by atoms with Crippen molar-refractivity contribution in [2.45, 2.75) is 33.0 Å². The number of carbonyl (C=O) groups is 1. The lowest BCUT2D eigenvalue weighted by Crippen LogP contribution is -2.29. The van der Waals surface area contributed by atoms with Crippen molar-refractivity contribution in [1.82, 2.24) is 19.1 Å². The third kappa shape index (κ3) is 5.82. The van der Waals surface area contributed by atoms with Crippen LogP contribution in [0.4, 0.5) is 8.78 Å². The third-order valence-corrected chi connectivity index (χ3v) is 8.28. The van der Waals surface area contributed by atoms with E-state index in [1.54, 1.807) is 22.8 Å². The average Bonchev–Trinajstić information content (AvgIpc) is 3.56. The quantitative estimate of drug-likeness (QED) is 0.218. The number of carboxylic acids is 1. The summed E-state index contributed by atoms with van der Waals surface area (Å²) < 4.78 is 43.9. The maximum atomic E-state index is 15.1. The Morgan fingerprint density at radius 2 is 1.98 bits per heavy atom. The number of aromatic nitrogens is 4. The van der Waals surface area contributed by atoms with Gasteiger partial charge in [0.2, 0.25) is 5.88 Å². The van der Waals surface area contributed by atoms with Crippen LogP contribution in [0, 0.1) is 28.4 Å². The first-order valence-corrected chi connectivity index (χ1v) is 14.5. The number of nitriles is 1. The van der Waals surface area contributed by atoms with Crippen molar-refractivity contribution in [3.8, 4) is 23.2 Å². The Hall–Kier alpha value is -5.12. The second-order valence-electron chi connectivity index (χ2n) is 11.6. The van der Waals surface area contributed by atoms with Gasteiger partial charge in [-0.1, -0.05) is 37.6 Å². The number of carboxylic acid groups (broad SMARTS) is 1. The van der Waals surface area contributed by atoms with Crippen LogP contribution in [0.25, 0.3) is 22.3 Å². The average molecular weight is 646 g/mol. The van der Waals surface area contributed by atoms with Gasteiger partial charge in [-0.05, 0) is 30.3 Å². The smallest absolute Gasteiger partial charge is 0.335 e. The van der Waals surface area contributed by atoms with E-state index < -0.39 is 28.6 Å². The maximum Gasteiger partial charge on any atom is 0.335 e. The molecular formula is C33H26ClF2N5O5. The first kappa shape index (κ1) is 30.9. The van der Waals surface area contributed by atoms with E-state index in [1.807, 2.05) is 19.9 Å². The lowest BCUT2D eigenvalue weighted by molar-refractivity contribution is 0.0696. The Kier molecular flexibility index (Phi) is 8.06. The van der Waals surface area contributed by atoms with Crippen molar-refractivity contribution in [3.63, 3.8) is 0 Å². The molecule has 4 heterocycles. The highest BCUT2D eigenvalue weighted by Crippen LogP contribution is 2.40. The van der Waals surface area contributed by atoms with Gasteiger partial charge in [0, 0.05) is 34.9 Å². The summed E-state index contributed by atoms with van der Waals surface area (Å²) in [5, 5.41) is 18.7. The molecule has 6 rings (SSSR count). The fraction of sp³-hybridized carbons (Fsp3) is 0.242. The van der Waals surface area contributed by atoms with E-state index in [1.165, 1.54) is 35.0 Å². The predicted octanol–water partition coefficient (Wildman–Crippen LogP) is 5.99. The Balaban J connectivity index is 1.33. The minimum Gasteiger partial charge on any atom is -0.478 e. The van der Waals surface area contributed by atoms with Crippen molar-refractivity contribution < 1.29 is 28.2 Å². The predicted molar refractivity (Wildman–Crippen MR) is 164 cm³/mol. The molecule has 0 aliphatic carbocycles. The van der Waals surface area contributed by atoms with Crippen LogP contribution in [0.15, 0.2) is 65.6 Å². The van der Waals surface area contributed by atoms with Crippen LogP contribution in [-0.2, 0) is 17.9 Å². The van der Waals surface area contributed by atoms with Crippen molar-refractivity contribution in [3.05, 3.63) is 110 Å². The second-order valence-corrected chi connectivity index (χ2v) is 12.0. The monoisotopic (exact) mass is 645 g/mol.